The van der Waals surface area contributed by atoms with Gasteiger partial charge in [-0.25, -0.2) is 0 Å². The van der Waals surface area contributed by atoms with Crippen molar-refractivity contribution in [1.82, 2.24) is 14.7 Å². The summed E-state index contributed by atoms with van der Waals surface area (Å²) in [6.07, 6.45) is 3.54. The molecule has 1 aliphatic rings. The first-order chi connectivity index (χ1) is 12.9. The summed E-state index contributed by atoms with van der Waals surface area (Å²) in [7, 11) is 0. The van der Waals surface area contributed by atoms with Gasteiger partial charge in [0.1, 0.15) is 0 Å². The molecule has 0 bridgehead atoms. The highest BCUT2D eigenvalue weighted by atomic mass is 16.4. The number of carbonyl (C=O) groups is 2. The number of piperidine rings is 1. The number of hydrogen-bond donors (Lipinski definition) is 1. The number of likely N-dealkylation sites (tertiary alicyclic amines) is 1. The number of carboxylic acid groups (broad SMARTS) is 1. The van der Waals surface area contributed by atoms with Gasteiger partial charge < -0.3 is 10.0 Å². The van der Waals surface area contributed by atoms with E-state index in [0.717, 1.165) is 36.2 Å². The van der Waals surface area contributed by atoms with Crippen LogP contribution < -0.4 is 0 Å². The number of aromatic nitrogens is 2. The SMILES string of the molecule is Cc1cc(C)n(Cc2ccc(C(=O)N3CCCCC3CCC(=O)O)cc2)n1. The Hall–Kier alpha value is -2.63. The first-order valence-electron chi connectivity index (χ1n) is 9.57. The molecule has 3 rings (SSSR count). The lowest BCUT2D eigenvalue weighted by molar-refractivity contribution is -0.137. The lowest BCUT2D eigenvalue weighted by atomic mass is 9.96. The zero-order chi connectivity index (χ0) is 19.4. The molecule has 1 aliphatic heterocycles. The topological polar surface area (TPSA) is 75.4 Å². The Morgan fingerprint density at radius 2 is 1.93 bits per heavy atom. The van der Waals surface area contributed by atoms with Crippen LogP contribution >= 0.6 is 0 Å². The van der Waals surface area contributed by atoms with Crippen LogP contribution in [0.2, 0.25) is 0 Å². The summed E-state index contributed by atoms with van der Waals surface area (Å²) in [5.74, 6) is -0.802. The van der Waals surface area contributed by atoms with Gasteiger partial charge in [-0.3, -0.25) is 14.3 Å². The minimum Gasteiger partial charge on any atom is -0.481 e. The number of nitrogens with zero attached hydrogens (tertiary/aromatic N) is 3. The summed E-state index contributed by atoms with van der Waals surface area (Å²) in [5.41, 5.74) is 3.87. The highest BCUT2D eigenvalue weighted by Gasteiger charge is 2.27. The molecule has 6 nitrogen and oxygen atoms in total. The Kier molecular flexibility index (Phi) is 5.94. The van der Waals surface area contributed by atoms with E-state index in [-0.39, 0.29) is 18.4 Å². The maximum Gasteiger partial charge on any atom is 0.303 e. The van der Waals surface area contributed by atoms with Gasteiger partial charge in [-0.05, 0) is 63.3 Å². The molecule has 1 aromatic carbocycles. The van der Waals surface area contributed by atoms with Crippen molar-refractivity contribution in [3.05, 3.63) is 52.8 Å². The molecule has 2 heterocycles. The fourth-order valence-electron chi connectivity index (χ4n) is 3.78. The molecule has 0 saturated carbocycles. The molecule has 1 N–H and O–H groups in total. The van der Waals surface area contributed by atoms with E-state index in [1.807, 2.05) is 53.8 Å². The number of amides is 1. The Morgan fingerprint density at radius 3 is 2.56 bits per heavy atom. The quantitative estimate of drug-likeness (QED) is 0.847. The minimum atomic E-state index is -0.804. The Morgan fingerprint density at radius 1 is 1.19 bits per heavy atom. The Bertz CT molecular complexity index is 811. The number of benzene rings is 1. The minimum absolute atomic E-state index is 0.00255. The van der Waals surface area contributed by atoms with Gasteiger partial charge in [0.25, 0.3) is 5.91 Å². The average molecular weight is 369 g/mol. The maximum absolute atomic E-state index is 12.9. The van der Waals surface area contributed by atoms with E-state index in [1.165, 1.54) is 0 Å². The molecule has 1 saturated heterocycles. The lowest BCUT2D eigenvalue weighted by Crippen LogP contribution is -2.44. The van der Waals surface area contributed by atoms with E-state index < -0.39 is 5.97 Å². The third kappa shape index (κ3) is 4.76. The molecule has 1 aromatic heterocycles. The second-order valence-electron chi connectivity index (χ2n) is 7.36. The van der Waals surface area contributed by atoms with E-state index >= 15 is 0 Å². The molecule has 1 fully saturated rings. The first kappa shape index (κ1) is 19.1. The molecular formula is C21H27N3O3. The van der Waals surface area contributed by atoms with Crippen LogP contribution in [0.3, 0.4) is 0 Å². The van der Waals surface area contributed by atoms with Crippen molar-refractivity contribution in [2.45, 2.75) is 58.5 Å². The number of rotatable bonds is 6. The largest absolute Gasteiger partial charge is 0.481 e. The molecular weight excluding hydrogens is 342 g/mol. The van der Waals surface area contributed by atoms with E-state index in [4.69, 9.17) is 5.11 Å². The van der Waals surface area contributed by atoms with E-state index in [1.54, 1.807) is 0 Å². The van der Waals surface area contributed by atoms with Crippen molar-refractivity contribution < 1.29 is 14.7 Å². The third-order valence-corrected chi connectivity index (χ3v) is 5.22. The smallest absolute Gasteiger partial charge is 0.303 e. The summed E-state index contributed by atoms with van der Waals surface area (Å²) in [4.78, 5) is 25.7. The van der Waals surface area contributed by atoms with Gasteiger partial charge in [0.15, 0.2) is 0 Å². The van der Waals surface area contributed by atoms with E-state index in [0.29, 0.717) is 25.1 Å². The molecule has 1 atom stereocenters. The van der Waals surface area contributed by atoms with Gasteiger partial charge in [0, 0.05) is 30.3 Å². The van der Waals surface area contributed by atoms with Gasteiger partial charge in [0.05, 0.1) is 12.2 Å². The summed E-state index contributed by atoms with van der Waals surface area (Å²) in [5, 5.41) is 13.4. The third-order valence-electron chi connectivity index (χ3n) is 5.22. The van der Waals surface area contributed by atoms with Crippen LogP contribution in [-0.2, 0) is 11.3 Å². The summed E-state index contributed by atoms with van der Waals surface area (Å²) >= 11 is 0. The number of aliphatic carboxylic acids is 1. The second kappa shape index (κ2) is 8.37. The standard InChI is InChI=1S/C21H27N3O3/c1-15-13-16(2)24(22-15)14-17-6-8-18(9-7-17)21(27)23-12-4-3-5-19(23)10-11-20(25)26/h6-9,13,19H,3-5,10-12,14H2,1-2H3,(H,25,26). The number of carbonyl (C=O) groups excluding carboxylic acids is 1. The fourth-order valence-corrected chi connectivity index (χ4v) is 3.78. The summed E-state index contributed by atoms with van der Waals surface area (Å²) in [6, 6.07) is 9.75. The molecule has 6 heteroatoms. The summed E-state index contributed by atoms with van der Waals surface area (Å²) in [6.45, 7) is 5.39. The Labute approximate surface area is 159 Å². The average Bonchev–Trinajstić information content (AvgIpc) is 2.97. The van der Waals surface area contributed by atoms with Gasteiger partial charge >= 0.3 is 5.97 Å². The van der Waals surface area contributed by atoms with Gasteiger partial charge in [-0.15, -0.1) is 0 Å². The van der Waals surface area contributed by atoms with Crippen molar-refractivity contribution in [3.63, 3.8) is 0 Å². The van der Waals surface area contributed by atoms with E-state index in [9.17, 15) is 9.59 Å². The molecule has 0 aliphatic carbocycles. The van der Waals surface area contributed by atoms with Gasteiger partial charge in [-0.1, -0.05) is 12.1 Å². The normalized spacial score (nSPS) is 17.1. The monoisotopic (exact) mass is 369 g/mol. The number of hydrogen-bond acceptors (Lipinski definition) is 3. The predicted octanol–water partition coefficient (Wildman–Crippen LogP) is 3.41. The molecule has 1 unspecified atom stereocenters. The summed E-state index contributed by atoms with van der Waals surface area (Å²) < 4.78 is 1.96. The maximum atomic E-state index is 12.9. The highest BCUT2D eigenvalue weighted by Crippen LogP contribution is 2.23. The van der Waals surface area contributed by atoms with Crippen LogP contribution in [0.15, 0.2) is 30.3 Å². The second-order valence-corrected chi connectivity index (χ2v) is 7.36. The number of aryl methyl sites for hydroxylation is 2. The fraction of sp³-hybridized carbons (Fsp3) is 0.476. The molecule has 27 heavy (non-hydrogen) atoms. The van der Waals surface area contributed by atoms with Crippen LogP contribution in [0.5, 0.6) is 0 Å². The van der Waals surface area contributed by atoms with Crippen LogP contribution in [0, 0.1) is 13.8 Å². The first-order valence-corrected chi connectivity index (χ1v) is 9.57. The van der Waals surface area contributed by atoms with Crippen molar-refractivity contribution in [2.24, 2.45) is 0 Å². The van der Waals surface area contributed by atoms with Crippen LogP contribution in [0.1, 0.15) is 59.4 Å². The number of carboxylic acids is 1. The Balaban J connectivity index is 1.68. The van der Waals surface area contributed by atoms with Crippen LogP contribution in [0.4, 0.5) is 0 Å². The van der Waals surface area contributed by atoms with Crippen molar-refractivity contribution >= 4 is 11.9 Å². The van der Waals surface area contributed by atoms with Crippen LogP contribution in [0.25, 0.3) is 0 Å². The molecule has 1 amide bonds. The van der Waals surface area contributed by atoms with Gasteiger partial charge in [-0.2, -0.15) is 5.10 Å². The van der Waals surface area contributed by atoms with Gasteiger partial charge in [0.2, 0.25) is 0 Å². The van der Waals surface area contributed by atoms with Crippen molar-refractivity contribution in [1.29, 1.82) is 0 Å². The lowest BCUT2D eigenvalue weighted by Gasteiger charge is -2.35. The zero-order valence-electron chi connectivity index (χ0n) is 16.0. The zero-order valence-corrected chi connectivity index (χ0v) is 16.0. The molecule has 0 radical (unpaired) electrons. The van der Waals surface area contributed by atoms with E-state index in [2.05, 4.69) is 5.10 Å². The molecule has 0 spiro atoms. The van der Waals surface area contributed by atoms with Crippen molar-refractivity contribution in [2.75, 3.05) is 6.54 Å². The molecule has 144 valence electrons. The highest BCUT2D eigenvalue weighted by molar-refractivity contribution is 5.94. The van der Waals surface area contributed by atoms with Crippen molar-refractivity contribution in [3.8, 4) is 0 Å². The molecule has 2 aromatic rings. The van der Waals surface area contributed by atoms with Crippen LogP contribution in [-0.4, -0.2) is 44.3 Å². The predicted molar refractivity (Wildman–Crippen MR) is 103 cm³/mol.